The molecule has 106 valence electrons. The lowest BCUT2D eigenvalue weighted by Crippen LogP contribution is -2.35. The SMILES string of the molecule is CCCC(N)C(=O)Nc1ccc(OC(C)CC)cc1. The van der Waals surface area contributed by atoms with Crippen LogP contribution in [0.5, 0.6) is 5.75 Å². The Hall–Kier alpha value is -1.55. The predicted molar refractivity (Wildman–Crippen MR) is 78.3 cm³/mol. The van der Waals surface area contributed by atoms with E-state index >= 15 is 0 Å². The molecule has 0 bridgehead atoms. The van der Waals surface area contributed by atoms with Crippen molar-refractivity contribution in [1.29, 1.82) is 0 Å². The molecule has 0 aliphatic heterocycles. The molecule has 4 nitrogen and oxygen atoms in total. The van der Waals surface area contributed by atoms with Crippen LogP contribution in [0.4, 0.5) is 5.69 Å². The molecule has 4 heteroatoms. The lowest BCUT2D eigenvalue weighted by Gasteiger charge is -2.14. The van der Waals surface area contributed by atoms with Crippen molar-refractivity contribution in [2.45, 2.75) is 52.2 Å². The number of nitrogens with two attached hydrogens (primary N) is 1. The van der Waals surface area contributed by atoms with Gasteiger partial charge in [0.15, 0.2) is 0 Å². The third-order valence-electron chi connectivity index (χ3n) is 2.97. The summed E-state index contributed by atoms with van der Waals surface area (Å²) >= 11 is 0. The third kappa shape index (κ3) is 5.30. The minimum absolute atomic E-state index is 0.141. The average Bonchev–Trinajstić information content (AvgIpc) is 2.41. The van der Waals surface area contributed by atoms with Crippen LogP contribution in [-0.4, -0.2) is 18.1 Å². The Morgan fingerprint density at radius 3 is 2.47 bits per heavy atom. The van der Waals surface area contributed by atoms with Crippen molar-refractivity contribution in [3.05, 3.63) is 24.3 Å². The van der Waals surface area contributed by atoms with Gasteiger partial charge in [0.2, 0.25) is 5.91 Å². The van der Waals surface area contributed by atoms with E-state index in [1.165, 1.54) is 0 Å². The van der Waals surface area contributed by atoms with Crippen molar-refractivity contribution >= 4 is 11.6 Å². The molecule has 0 aliphatic carbocycles. The molecule has 19 heavy (non-hydrogen) atoms. The highest BCUT2D eigenvalue weighted by atomic mass is 16.5. The predicted octanol–water partition coefficient (Wildman–Crippen LogP) is 2.93. The zero-order valence-electron chi connectivity index (χ0n) is 12.0. The van der Waals surface area contributed by atoms with E-state index in [1.54, 1.807) is 0 Å². The summed E-state index contributed by atoms with van der Waals surface area (Å²) in [5.74, 6) is 0.669. The van der Waals surface area contributed by atoms with Crippen LogP contribution in [0.2, 0.25) is 0 Å². The molecular formula is C15H24N2O2. The van der Waals surface area contributed by atoms with E-state index in [0.29, 0.717) is 6.42 Å². The minimum Gasteiger partial charge on any atom is -0.491 e. The summed E-state index contributed by atoms with van der Waals surface area (Å²) in [5, 5.41) is 2.80. The number of nitrogens with one attached hydrogen (secondary N) is 1. The van der Waals surface area contributed by atoms with E-state index in [2.05, 4.69) is 12.2 Å². The number of rotatable bonds is 7. The standard InChI is InChI=1S/C15H24N2O2/c1-4-6-14(16)15(18)17-12-7-9-13(10-8-12)19-11(3)5-2/h7-11,14H,4-6,16H2,1-3H3,(H,17,18). The van der Waals surface area contributed by atoms with E-state index in [9.17, 15) is 4.79 Å². The second-order valence-electron chi connectivity index (χ2n) is 4.75. The first-order valence-corrected chi connectivity index (χ1v) is 6.90. The molecule has 1 aromatic rings. The van der Waals surface area contributed by atoms with Gasteiger partial charge < -0.3 is 15.8 Å². The first kappa shape index (κ1) is 15.5. The molecule has 0 spiro atoms. The summed E-state index contributed by atoms with van der Waals surface area (Å²) < 4.78 is 5.67. The van der Waals surface area contributed by atoms with Gasteiger partial charge in [0, 0.05) is 5.69 Å². The molecule has 2 atom stereocenters. The fraction of sp³-hybridized carbons (Fsp3) is 0.533. The van der Waals surface area contributed by atoms with Gasteiger partial charge in [0.25, 0.3) is 0 Å². The first-order chi connectivity index (χ1) is 9.06. The highest BCUT2D eigenvalue weighted by Gasteiger charge is 2.12. The fourth-order valence-electron chi connectivity index (χ4n) is 1.61. The van der Waals surface area contributed by atoms with Gasteiger partial charge >= 0.3 is 0 Å². The number of hydrogen-bond acceptors (Lipinski definition) is 3. The van der Waals surface area contributed by atoms with Gasteiger partial charge in [-0.3, -0.25) is 4.79 Å². The largest absolute Gasteiger partial charge is 0.491 e. The zero-order valence-corrected chi connectivity index (χ0v) is 12.0. The fourth-order valence-corrected chi connectivity index (χ4v) is 1.61. The van der Waals surface area contributed by atoms with Crippen LogP contribution >= 0.6 is 0 Å². The molecule has 0 aliphatic rings. The Morgan fingerprint density at radius 2 is 1.95 bits per heavy atom. The molecule has 1 amide bonds. The summed E-state index contributed by atoms with van der Waals surface area (Å²) in [7, 11) is 0. The van der Waals surface area contributed by atoms with Gasteiger partial charge in [-0.15, -0.1) is 0 Å². The number of carbonyl (C=O) groups excluding carboxylic acids is 1. The minimum atomic E-state index is -0.443. The maximum atomic E-state index is 11.7. The molecule has 0 saturated heterocycles. The number of hydrogen-bond donors (Lipinski definition) is 2. The van der Waals surface area contributed by atoms with Gasteiger partial charge in [-0.2, -0.15) is 0 Å². The van der Waals surface area contributed by atoms with Gasteiger partial charge in [-0.05, 0) is 44.0 Å². The quantitative estimate of drug-likeness (QED) is 0.796. The topological polar surface area (TPSA) is 64.4 Å². The lowest BCUT2D eigenvalue weighted by molar-refractivity contribution is -0.117. The zero-order chi connectivity index (χ0) is 14.3. The molecule has 0 aromatic heterocycles. The Labute approximate surface area is 115 Å². The molecule has 1 rings (SSSR count). The summed E-state index contributed by atoms with van der Waals surface area (Å²) in [4.78, 5) is 11.7. The van der Waals surface area contributed by atoms with Gasteiger partial charge in [-0.25, -0.2) is 0 Å². The summed E-state index contributed by atoms with van der Waals surface area (Å²) in [6, 6.07) is 6.92. The summed E-state index contributed by atoms with van der Waals surface area (Å²) in [6.07, 6.45) is 2.75. The average molecular weight is 264 g/mol. The summed E-state index contributed by atoms with van der Waals surface area (Å²) in [5.41, 5.74) is 6.50. The van der Waals surface area contributed by atoms with Gasteiger partial charge in [0.05, 0.1) is 12.1 Å². The number of amides is 1. The number of benzene rings is 1. The van der Waals surface area contributed by atoms with Crippen molar-refractivity contribution in [2.75, 3.05) is 5.32 Å². The maximum Gasteiger partial charge on any atom is 0.241 e. The van der Waals surface area contributed by atoms with Crippen molar-refractivity contribution in [3.8, 4) is 5.75 Å². The molecule has 0 radical (unpaired) electrons. The Bertz CT molecular complexity index is 390. The lowest BCUT2D eigenvalue weighted by atomic mass is 10.1. The smallest absolute Gasteiger partial charge is 0.241 e. The third-order valence-corrected chi connectivity index (χ3v) is 2.97. The van der Waals surface area contributed by atoms with E-state index in [1.807, 2.05) is 38.1 Å². The van der Waals surface area contributed by atoms with Crippen molar-refractivity contribution in [2.24, 2.45) is 5.73 Å². The molecule has 1 aromatic carbocycles. The Kier molecular flexibility index (Phi) is 6.36. The van der Waals surface area contributed by atoms with Crippen molar-refractivity contribution in [3.63, 3.8) is 0 Å². The van der Waals surface area contributed by atoms with E-state index < -0.39 is 6.04 Å². The highest BCUT2D eigenvalue weighted by molar-refractivity contribution is 5.94. The second-order valence-corrected chi connectivity index (χ2v) is 4.75. The Balaban J connectivity index is 2.54. The van der Waals surface area contributed by atoms with Gasteiger partial charge in [-0.1, -0.05) is 20.3 Å². The van der Waals surface area contributed by atoms with E-state index in [-0.39, 0.29) is 12.0 Å². The van der Waals surface area contributed by atoms with Crippen molar-refractivity contribution in [1.82, 2.24) is 0 Å². The van der Waals surface area contributed by atoms with Crippen LogP contribution in [0.1, 0.15) is 40.0 Å². The first-order valence-electron chi connectivity index (χ1n) is 6.90. The van der Waals surface area contributed by atoms with Crippen LogP contribution in [0.15, 0.2) is 24.3 Å². The molecule has 0 heterocycles. The highest BCUT2D eigenvalue weighted by Crippen LogP contribution is 2.17. The molecule has 3 N–H and O–H groups in total. The molecule has 0 fully saturated rings. The van der Waals surface area contributed by atoms with E-state index in [4.69, 9.17) is 10.5 Å². The van der Waals surface area contributed by atoms with Crippen LogP contribution in [0.3, 0.4) is 0 Å². The molecule has 2 unspecified atom stereocenters. The van der Waals surface area contributed by atoms with Crippen LogP contribution in [-0.2, 0) is 4.79 Å². The van der Waals surface area contributed by atoms with Gasteiger partial charge in [0.1, 0.15) is 5.75 Å². The number of ether oxygens (including phenoxy) is 1. The number of anilines is 1. The van der Waals surface area contributed by atoms with E-state index in [0.717, 1.165) is 24.3 Å². The Morgan fingerprint density at radius 1 is 1.32 bits per heavy atom. The van der Waals surface area contributed by atoms with Crippen LogP contribution in [0, 0.1) is 0 Å². The maximum absolute atomic E-state index is 11.7. The second kappa shape index (κ2) is 7.79. The molecule has 0 saturated carbocycles. The summed E-state index contributed by atoms with van der Waals surface area (Å²) in [6.45, 7) is 6.11. The van der Waals surface area contributed by atoms with Crippen LogP contribution in [0.25, 0.3) is 0 Å². The normalized spacial score (nSPS) is 13.7. The molecular weight excluding hydrogens is 240 g/mol. The number of carbonyl (C=O) groups is 1. The van der Waals surface area contributed by atoms with Crippen LogP contribution < -0.4 is 15.8 Å². The monoisotopic (exact) mass is 264 g/mol. The van der Waals surface area contributed by atoms with Crippen molar-refractivity contribution < 1.29 is 9.53 Å².